The van der Waals surface area contributed by atoms with Crippen molar-refractivity contribution in [3.05, 3.63) is 0 Å². The zero-order valence-corrected chi connectivity index (χ0v) is 8.00. The largest absolute Gasteiger partial charge is 0.381 e. The molecular formula is C9H18OS. The zero-order valence-electron chi connectivity index (χ0n) is 7.18. The lowest BCUT2D eigenvalue weighted by Crippen LogP contribution is -1.91. The van der Waals surface area contributed by atoms with Gasteiger partial charge in [-0.3, -0.25) is 0 Å². The Morgan fingerprint density at radius 1 is 0.727 bits per heavy atom. The van der Waals surface area contributed by atoms with E-state index < -0.39 is 0 Å². The summed E-state index contributed by atoms with van der Waals surface area (Å²) in [5.74, 6) is 2.83. The van der Waals surface area contributed by atoms with Crippen LogP contribution in [0.5, 0.6) is 0 Å². The van der Waals surface area contributed by atoms with Gasteiger partial charge >= 0.3 is 0 Å². The molecule has 0 unspecified atom stereocenters. The maximum Gasteiger partial charge on any atom is 0.0466 e. The third kappa shape index (κ3) is 5.57. The van der Waals surface area contributed by atoms with Gasteiger partial charge in [0, 0.05) is 13.2 Å². The van der Waals surface area contributed by atoms with Crippen molar-refractivity contribution in [2.45, 2.75) is 32.1 Å². The molecule has 2 rings (SSSR count). The molecule has 2 heteroatoms. The number of thioether (sulfide) groups is 1. The van der Waals surface area contributed by atoms with Crippen LogP contribution in [-0.4, -0.2) is 24.7 Å². The molecule has 0 saturated carbocycles. The van der Waals surface area contributed by atoms with Gasteiger partial charge in [0.2, 0.25) is 0 Å². The maximum absolute atomic E-state index is 4.94. The predicted octanol–water partition coefficient (Wildman–Crippen LogP) is 2.70. The second kappa shape index (κ2) is 6.99. The topological polar surface area (TPSA) is 9.23 Å². The fraction of sp³-hybridized carbons (Fsp3) is 1.00. The molecule has 2 heterocycles. The average molecular weight is 174 g/mol. The fourth-order valence-electron chi connectivity index (χ4n) is 1.20. The lowest BCUT2D eigenvalue weighted by molar-refractivity contribution is 0.198. The molecule has 2 aliphatic heterocycles. The quantitative estimate of drug-likeness (QED) is 0.558. The molecule has 11 heavy (non-hydrogen) atoms. The van der Waals surface area contributed by atoms with Gasteiger partial charge in [-0.05, 0) is 37.2 Å². The third-order valence-electron chi connectivity index (χ3n) is 1.90. The van der Waals surface area contributed by atoms with Crippen molar-refractivity contribution < 1.29 is 4.74 Å². The van der Waals surface area contributed by atoms with E-state index in [1.54, 1.807) is 0 Å². The van der Waals surface area contributed by atoms with Crippen LogP contribution in [0.2, 0.25) is 0 Å². The highest BCUT2D eigenvalue weighted by atomic mass is 32.2. The van der Waals surface area contributed by atoms with Crippen molar-refractivity contribution in [3.8, 4) is 0 Å². The van der Waals surface area contributed by atoms with Crippen molar-refractivity contribution in [2.24, 2.45) is 0 Å². The van der Waals surface area contributed by atoms with E-state index in [9.17, 15) is 0 Å². The molecule has 2 saturated heterocycles. The molecule has 0 aliphatic carbocycles. The highest BCUT2D eigenvalue weighted by molar-refractivity contribution is 7.99. The van der Waals surface area contributed by atoms with Gasteiger partial charge in [-0.1, -0.05) is 6.42 Å². The average Bonchev–Trinajstić information content (AvgIpc) is 2.64. The number of rotatable bonds is 0. The molecule has 0 atom stereocenters. The minimum atomic E-state index is 1.00. The van der Waals surface area contributed by atoms with E-state index in [4.69, 9.17) is 4.74 Å². The standard InChI is InChI=1S/C5H10S.C4H8O/c1-2-4-6-5-3-1;1-2-4-5-3-1/h1-5H2;1-4H2. The summed E-state index contributed by atoms with van der Waals surface area (Å²) in [5.41, 5.74) is 0. The number of ether oxygens (including phenoxy) is 1. The number of hydrogen-bond acceptors (Lipinski definition) is 2. The normalized spacial score (nSPS) is 24.0. The second-order valence-corrected chi connectivity index (χ2v) is 4.22. The van der Waals surface area contributed by atoms with Crippen molar-refractivity contribution >= 4 is 11.8 Å². The van der Waals surface area contributed by atoms with E-state index in [0.717, 1.165) is 13.2 Å². The van der Waals surface area contributed by atoms with E-state index in [2.05, 4.69) is 11.8 Å². The molecule has 66 valence electrons. The first-order valence-corrected chi connectivity index (χ1v) is 5.81. The molecule has 0 aromatic heterocycles. The van der Waals surface area contributed by atoms with Crippen LogP contribution >= 0.6 is 11.8 Å². The Morgan fingerprint density at radius 2 is 1.36 bits per heavy atom. The third-order valence-corrected chi connectivity index (χ3v) is 3.06. The highest BCUT2D eigenvalue weighted by Crippen LogP contribution is 2.14. The molecular weight excluding hydrogens is 156 g/mol. The Bertz CT molecular complexity index is 58.5. The molecule has 2 aliphatic rings. The van der Waals surface area contributed by atoms with E-state index in [0.29, 0.717) is 0 Å². The summed E-state index contributed by atoms with van der Waals surface area (Å²) in [4.78, 5) is 0. The lowest BCUT2D eigenvalue weighted by atomic mass is 10.3. The van der Waals surface area contributed by atoms with Crippen molar-refractivity contribution in [1.82, 2.24) is 0 Å². The summed E-state index contributed by atoms with van der Waals surface area (Å²) in [6.45, 7) is 2.00. The molecule has 2 fully saturated rings. The van der Waals surface area contributed by atoms with E-state index in [-0.39, 0.29) is 0 Å². The van der Waals surface area contributed by atoms with Crippen LogP contribution in [-0.2, 0) is 4.74 Å². The Kier molecular flexibility index (Phi) is 5.97. The first-order chi connectivity index (χ1) is 5.50. The van der Waals surface area contributed by atoms with Crippen molar-refractivity contribution in [1.29, 1.82) is 0 Å². The van der Waals surface area contributed by atoms with Crippen LogP contribution in [0.1, 0.15) is 32.1 Å². The SMILES string of the molecule is C1CCOC1.C1CCSCC1. The first-order valence-electron chi connectivity index (χ1n) is 4.65. The summed E-state index contributed by atoms with van der Waals surface area (Å²) in [7, 11) is 0. The van der Waals surface area contributed by atoms with Gasteiger partial charge in [-0.15, -0.1) is 0 Å². The van der Waals surface area contributed by atoms with Gasteiger partial charge in [0.25, 0.3) is 0 Å². The van der Waals surface area contributed by atoms with Gasteiger partial charge in [-0.25, -0.2) is 0 Å². The summed E-state index contributed by atoms with van der Waals surface area (Å²) >= 11 is 2.09. The molecule has 0 aromatic carbocycles. The lowest BCUT2D eigenvalue weighted by Gasteiger charge is -2.05. The smallest absolute Gasteiger partial charge is 0.0466 e. The summed E-state index contributed by atoms with van der Waals surface area (Å²) in [6, 6.07) is 0. The van der Waals surface area contributed by atoms with Crippen LogP contribution in [0.15, 0.2) is 0 Å². The summed E-state index contributed by atoms with van der Waals surface area (Å²) in [5, 5.41) is 0. The molecule has 0 bridgehead atoms. The molecule has 0 radical (unpaired) electrons. The van der Waals surface area contributed by atoms with Crippen molar-refractivity contribution in [2.75, 3.05) is 24.7 Å². The molecule has 0 aromatic rings. The minimum Gasteiger partial charge on any atom is -0.381 e. The van der Waals surface area contributed by atoms with Crippen LogP contribution in [0.3, 0.4) is 0 Å². The Labute approximate surface area is 73.9 Å². The van der Waals surface area contributed by atoms with Gasteiger partial charge < -0.3 is 4.74 Å². The van der Waals surface area contributed by atoms with Gasteiger partial charge in [0.1, 0.15) is 0 Å². The maximum atomic E-state index is 4.94. The van der Waals surface area contributed by atoms with Gasteiger partial charge in [0.05, 0.1) is 0 Å². The van der Waals surface area contributed by atoms with Crippen LogP contribution in [0.4, 0.5) is 0 Å². The zero-order chi connectivity index (χ0) is 7.78. The Morgan fingerprint density at radius 3 is 1.55 bits per heavy atom. The summed E-state index contributed by atoms with van der Waals surface area (Å²) < 4.78 is 4.94. The van der Waals surface area contributed by atoms with E-state index in [1.165, 1.54) is 43.6 Å². The molecule has 0 N–H and O–H groups in total. The molecule has 0 spiro atoms. The van der Waals surface area contributed by atoms with Crippen LogP contribution in [0.25, 0.3) is 0 Å². The van der Waals surface area contributed by atoms with E-state index >= 15 is 0 Å². The first kappa shape index (κ1) is 9.40. The second-order valence-electron chi connectivity index (χ2n) is 2.99. The number of hydrogen-bond donors (Lipinski definition) is 0. The molecule has 0 amide bonds. The summed E-state index contributed by atoms with van der Waals surface area (Å²) in [6.07, 6.45) is 6.96. The minimum absolute atomic E-state index is 1.00. The monoisotopic (exact) mass is 174 g/mol. The van der Waals surface area contributed by atoms with E-state index in [1.807, 2.05) is 0 Å². The van der Waals surface area contributed by atoms with Crippen LogP contribution in [0, 0.1) is 0 Å². The Balaban J connectivity index is 0.000000112. The van der Waals surface area contributed by atoms with Gasteiger partial charge in [-0.2, -0.15) is 11.8 Å². The van der Waals surface area contributed by atoms with Crippen molar-refractivity contribution in [3.63, 3.8) is 0 Å². The fourth-order valence-corrected chi connectivity index (χ4v) is 2.22. The van der Waals surface area contributed by atoms with Gasteiger partial charge in [0.15, 0.2) is 0 Å². The molecule has 1 nitrogen and oxygen atoms in total. The predicted molar refractivity (Wildman–Crippen MR) is 51.2 cm³/mol. The van der Waals surface area contributed by atoms with Crippen LogP contribution < -0.4 is 0 Å². The Hall–Kier alpha value is 0.310. The highest BCUT2D eigenvalue weighted by Gasteiger charge is 1.95.